The summed E-state index contributed by atoms with van der Waals surface area (Å²) in [7, 11) is 0. The predicted octanol–water partition coefficient (Wildman–Crippen LogP) is 4.26. The third-order valence-electron chi connectivity index (χ3n) is 4.59. The molecule has 4 nitrogen and oxygen atoms in total. The summed E-state index contributed by atoms with van der Waals surface area (Å²) in [4.78, 5) is 18.1. The van der Waals surface area contributed by atoms with Crippen molar-refractivity contribution in [1.82, 2.24) is 4.98 Å². The van der Waals surface area contributed by atoms with E-state index in [1.54, 1.807) is 4.90 Å². The van der Waals surface area contributed by atoms with Crippen LogP contribution in [0.4, 0.5) is 24.7 Å². The van der Waals surface area contributed by atoms with Gasteiger partial charge in [0.2, 0.25) is 5.91 Å². The van der Waals surface area contributed by atoms with Crippen molar-refractivity contribution >= 4 is 17.4 Å². The van der Waals surface area contributed by atoms with Crippen LogP contribution in [0.25, 0.3) is 0 Å². The lowest BCUT2D eigenvalue weighted by Gasteiger charge is -2.34. The minimum Gasteiger partial charge on any atom is -0.355 e. The number of nitrogens with zero attached hydrogens (tertiary/aromatic N) is 2. The molecular formula is C19H20F3N3O. The van der Waals surface area contributed by atoms with Gasteiger partial charge in [0.1, 0.15) is 5.82 Å². The molecule has 1 aliphatic rings. The molecule has 138 valence electrons. The maximum atomic E-state index is 13.2. The molecule has 1 aromatic heterocycles. The Kier molecular flexibility index (Phi) is 5.15. The van der Waals surface area contributed by atoms with Gasteiger partial charge in [-0.2, -0.15) is 13.2 Å². The van der Waals surface area contributed by atoms with Gasteiger partial charge in [-0.3, -0.25) is 4.79 Å². The second-order valence-electron chi connectivity index (χ2n) is 6.46. The van der Waals surface area contributed by atoms with Crippen LogP contribution in [0.2, 0.25) is 0 Å². The second kappa shape index (κ2) is 7.35. The molecule has 26 heavy (non-hydrogen) atoms. The zero-order valence-electron chi connectivity index (χ0n) is 14.4. The molecule has 2 aromatic rings. The predicted molar refractivity (Wildman–Crippen MR) is 94.0 cm³/mol. The van der Waals surface area contributed by atoms with Crippen LogP contribution in [-0.2, 0) is 11.0 Å². The van der Waals surface area contributed by atoms with Gasteiger partial charge < -0.3 is 10.2 Å². The SMILES string of the molecule is Cc1ccccc1NC(=O)C1CCCN(c2ncccc2C(F)(F)F)C1. The Morgan fingerprint density at radius 3 is 2.73 bits per heavy atom. The molecule has 7 heteroatoms. The van der Waals surface area contributed by atoms with Gasteiger partial charge >= 0.3 is 6.18 Å². The van der Waals surface area contributed by atoms with E-state index < -0.39 is 11.7 Å². The number of aromatic nitrogens is 1. The second-order valence-corrected chi connectivity index (χ2v) is 6.46. The Bertz CT molecular complexity index is 792. The van der Waals surface area contributed by atoms with Gasteiger partial charge in [-0.1, -0.05) is 18.2 Å². The van der Waals surface area contributed by atoms with Crippen molar-refractivity contribution in [2.24, 2.45) is 5.92 Å². The average molecular weight is 363 g/mol. The number of alkyl halides is 3. The van der Waals surface area contributed by atoms with E-state index in [0.717, 1.165) is 17.3 Å². The van der Waals surface area contributed by atoms with E-state index in [1.165, 1.54) is 12.3 Å². The first-order valence-electron chi connectivity index (χ1n) is 8.50. The molecule has 0 saturated carbocycles. The first-order chi connectivity index (χ1) is 12.4. The number of carbonyl (C=O) groups is 1. The molecule has 0 bridgehead atoms. The highest BCUT2D eigenvalue weighted by Crippen LogP contribution is 2.36. The molecule has 1 aromatic carbocycles. The van der Waals surface area contributed by atoms with E-state index in [-0.39, 0.29) is 24.2 Å². The highest BCUT2D eigenvalue weighted by Gasteiger charge is 2.37. The number of para-hydroxylation sites is 1. The van der Waals surface area contributed by atoms with Crippen molar-refractivity contribution < 1.29 is 18.0 Å². The number of anilines is 2. The number of rotatable bonds is 3. The number of piperidine rings is 1. The molecular weight excluding hydrogens is 343 g/mol. The lowest BCUT2D eigenvalue weighted by atomic mass is 9.96. The summed E-state index contributed by atoms with van der Waals surface area (Å²) in [5.41, 5.74) is 0.904. The van der Waals surface area contributed by atoms with Gasteiger partial charge in [0.15, 0.2) is 0 Å². The van der Waals surface area contributed by atoms with Gasteiger partial charge in [-0.05, 0) is 43.5 Å². The summed E-state index contributed by atoms with van der Waals surface area (Å²) < 4.78 is 39.7. The number of carbonyl (C=O) groups excluding carboxylic acids is 1. The first kappa shape index (κ1) is 18.2. The van der Waals surface area contributed by atoms with Crippen LogP contribution >= 0.6 is 0 Å². The van der Waals surface area contributed by atoms with Crippen molar-refractivity contribution in [3.63, 3.8) is 0 Å². The smallest absolute Gasteiger partial charge is 0.355 e. The molecule has 1 amide bonds. The van der Waals surface area contributed by atoms with Crippen LogP contribution in [0, 0.1) is 12.8 Å². The zero-order chi connectivity index (χ0) is 18.7. The molecule has 1 aliphatic heterocycles. The highest BCUT2D eigenvalue weighted by atomic mass is 19.4. The minimum absolute atomic E-state index is 0.103. The van der Waals surface area contributed by atoms with E-state index in [9.17, 15) is 18.0 Å². The summed E-state index contributed by atoms with van der Waals surface area (Å²) >= 11 is 0. The summed E-state index contributed by atoms with van der Waals surface area (Å²) in [6.45, 7) is 2.57. The third kappa shape index (κ3) is 3.98. The van der Waals surface area contributed by atoms with Crippen molar-refractivity contribution in [1.29, 1.82) is 0 Å². The standard InChI is InChI=1S/C19H20F3N3O/c1-13-6-2-3-9-16(13)24-18(26)14-7-5-11-25(12-14)17-15(19(20,21)22)8-4-10-23-17/h2-4,6,8-10,14H,5,7,11-12H2,1H3,(H,24,26). The minimum atomic E-state index is -4.47. The fourth-order valence-corrected chi connectivity index (χ4v) is 3.20. The maximum absolute atomic E-state index is 13.2. The zero-order valence-corrected chi connectivity index (χ0v) is 14.4. The number of nitrogens with one attached hydrogen (secondary N) is 1. The topological polar surface area (TPSA) is 45.2 Å². The summed E-state index contributed by atoms with van der Waals surface area (Å²) in [5.74, 6) is -0.659. The summed E-state index contributed by atoms with van der Waals surface area (Å²) in [6.07, 6.45) is -1.84. The Balaban J connectivity index is 1.76. The van der Waals surface area contributed by atoms with E-state index in [0.29, 0.717) is 19.4 Å². The van der Waals surface area contributed by atoms with Crippen LogP contribution < -0.4 is 10.2 Å². The highest BCUT2D eigenvalue weighted by molar-refractivity contribution is 5.93. The first-order valence-corrected chi connectivity index (χ1v) is 8.50. The lowest BCUT2D eigenvalue weighted by Crippen LogP contribution is -2.42. The van der Waals surface area contributed by atoms with Gasteiger partial charge in [0.25, 0.3) is 0 Å². The Morgan fingerprint density at radius 1 is 1.23 bits per heavy atom. The lowest BCUT2D eigenvalue weighted by molar-refractivity contribution is -0.137. The van der Waals surface area contributed by atoms with Crippen LogP contribution in [-0.4, -0.2) is 24.0 Å². The van der Waals surface area contributed by atoms with E-state index >= 15 is 0 Å². The number of benzene rings is 1. The number of hydrogen-bond acceptors (Lipinski definition) is 3. The third-order valence-corrected chi connectivity index (χ3v) is 4.59. The largest absolute Gasteiger partial charge is 0.419 e. The van der Waals surface area contributed by atoms with Crippen molar-refractivity contribution in [2.75, 3.05) is 23.3 Å². The Morgan fingerprint density at radius 2 is 2.00 bits per heavy atom. The summed E-state index contributed by atoms with van der Waals surface area (Å²) in [6, 6.07) is 9.73. The van der Waals surface area contributed by atoms with Crippen molar-refractivity contribution in [3.8, 4) is 0 Å². The molecule has 0 spiro atoms. The number of amides is 1. The average Bonchev–Trinajstić information content (AvgIpc) is 2.63. The Hall–Kier alpha value is -2.57. The van der Waals surface area contributed by atoms with Gasteiger partial charge in [-0.25, -0.2) is 4.98 Å². The van der Waals surface area contributed by atoms with Crippen molar-refractivity contribution in [2.45, 2.75) is 25.9 Å². The Labute approximate surface area is 150 Å². The molecule has 1 atom stereocenters. The molecule has 0 aliphatic carbocycles. The fourth-order valence-electron chi connectivity index (χ4n) is 3.20. The van der Waals surface area contributed by atoms with E-state index in [2.05, 4.69) is 10.3 Å². The fraction of sp³-hybridized carbons (Fsp3) is 0.368. The van der Waals surface area contributed by atoms with Gasteiger partial charge in [0, 0.05) is 25.0 Å². The van der Waals surface area contributed by atoms with Crippen molar-refractivity contribution in [3.05, 3.63) is 53.7 Å². The number of pyridine rings is 1. The maximum Gasteiger partial charge on any atom is 0.419 e. The number of aryl methyl sites for hydroxylation is 1. The molecule has 1 fully saturated rings. The monoisotopic (exact) mass is 363 g/mol. The summed E-state index contributed by atoms with van der Waals surface area (Å²) in [5, 5.41) is 2.89. The molecule has 1 unspecified atom stereocenters. The van der Waals surface area contributed by atoms with E-state index in [1.807, 2.05) is 31.2 Å². The normalized spacial score (nSPS) is 17.8. The quantitative estimate of drug-likeness (QED) is 0.886. The van der Waals surface area contributed by atoms with Crippen LogP contribution in [0.3, 0.4) is 0 Å². The molecule has 0 radical (unpaired) electrons. The molecule has 2 heterocycles. The van der Waals surface area contributed by atoms with Crippen LogP contribution in [0.1, 0.15) is 24.0 Å². The van der Waals surface area contributed by atoms with Gasteiger partial charge in [-0.15, -0.1) is 0 Å². The molecule has 3 rings (SSSR count). The molecule has 1 saturated heterocycles. The number of hydrogen-bond donors (Lipinski definition) is 1. The van der Waals surface area contributed by atoms with Crippen LogP contribution in [0.5, 0.6) is 0 Å². The van der Waals surface area contributed by atoms with Crippen LogP contribution in [0.15, 0.2) is 42.6 Å². The van der Waals surface area contributed by atoms with Gasteiger partial charge in [0.05, 0.1) is 11.5 Å². The number of halogens is 3. The van der Waals surface area contributed by atoms with E-state index in [4.69, 9.17) is 0 Å². The molecule has 1 N–H and O–H groups in total.